The van der Waals surface area contributed by atoms with Crippen molar-refractivity contribution in [1.82, 2.24) is 0 Å². The molecule has 2 fully saturated rings. The van der Waals surface area contributed by atoms with Crippen LogP contribution in [0.4, 0.5) is 5.69 Å². The summed E-state index contributed by atoms with van der Waals surface area (Å²) in [6.07, 6.45) is 0.280. The first-order valence-corrected chi connectivity index (χ1v) is 10.5. The van der Waals surface area contributed by atoms with E-state index < -0.39 is 9.84 Å². The van der Waals surface area contributed by atoms with E-state index in [4.69, 9.17) is 23.2 Å². The molecule has 0 unspecified atom stereocenters. The number of hydrogen-bond donors (Lipinski definition) is 0. The van der Waals surface area contributed by atoms with Gasteiger partial charge in [0, 0.05) is 11.7 Å². The van der Waals surface area contributed by atoms with E-state index in [1.165, 1.54) is 11.8 Å². The van der Waals surface area contributed by atoms with Gasteiger partial charge in [-0.25, -0.2) is 8.42 Å². The van der Waals surface area contributed by atoms with Gasteiger partial charge in [-0.2, -0.15) is 4.99 Å². The summed E-state index contributed by atoms with van der Waals surface area (Å²) in [5.74, 6) is -0.185. The molecule has 124 valence electrons. The van der Waals surface area contributed by atoms with Crippen LogP contribution >= 0.6 is 35.0 Å². The van der Waals surface area contributed by atoms with Gasteiger partial charge in [-0.1, -0.05) is 48.0 Å². The molecule has 5 nitrogen and oxygen atoms in total. The van der Waals surface area contributed by atoms with Crippen LogP contribution in [0.5, 0.6) is 0 Å². The Kier molecular flexibility index (Phi) is 4.66. The van der Waals surface area contributed by atoms with Crippen molar-refractivity contribution in [2.24, 2.45) is 4.99 Å². The number of sulfone groups is 1. The molecule has 2 heterocycles. The van der Waals surface area contributed by atoms with E-state index in [-0.39, 0.29) is 35.1 Å². The molecule has 0 aromatic heterocycles. The summed E-state index contributed by atoms with van der Waals surface area (Å²) in [5, 5.41) is 1.10. The highest BCUT2D eigenvalue weighted by Gasteiger charge is 2.50. The SMILES string of the molecule is CCC(=O)N=C1S[C@H]2CS(=O)(=O)C[C@@H]2N1c1c(Cl)cccc1Cl. The number of nitrogens with zero attached hydrogens (tertiary/aromatic N) is 2. The normalized spacial score (nSPS) is 27.4. The lowest BCUT2D eigenvalue weighted by Gasteiger charge is -2.26. The second-order valence-corrected chi connectivity index (χ2v) is 9.56. The number of rotatable bonds is 2. The van der Waals surface area contributed by atoms with E-state index in [9.17, 15) is 13.2 Å². The maximum atomic E-state index is 12.0. The van der Waals surface area contributed by atoms with Crippen LogP contribution in [0.25, 0.3) is 0 Å². The Morgan fingerprint density at radius 1 is 1.35 bits per heavy atom. The Morgan fingerprint density at radius 2 is 2.00 bits per heavy atom. The number of amides is 1. The fourth-order valence-electron chi connectivity index (χ4n) is 2.73. The van der Waals surface area contributed by atoms with E-state index in [2.05, 4.69) is 4.99 Å². The van der Waals surface area contributed by atoms with Gasteiger partial charge in [-0.3, -0.25) is 4.79 Å². The lowest BCUT2D eigenvalue weighted by atomic mass is 10.2. The summed E-state index contributed by atoms with van der Waals surface area (Å²) < 4.78 is 23.9. The Balaban J connectivity index is 2.11. The number of carbonyl (C=O) groups is 1. The second kappa shape index (κ2) is 6.27. The van der Waals surface area contributed by atoms with Crippen molar-refractivity contribution in [1.29, 1.82) is 0 Å². The number of thioether (sulfide) groups is 1. The zero-order valence-corrected chi connectivity index (χ0v) is 15.3. The molecule has 23 heavy (non-hydrogen) atoms. The van der Waals surface area contributed by atoms with Gasteiger partial charge in [0.05, 0.1) is 33.3 Å². The molecule has 2 saturated heterocycles. The van der Waals surface area contributed by atoms with Crippen LogP contribution in [0, 0.1) is 0 Å². The van der Waals surface area contributed by atoms with Crippen molar-refractivity contribution in [3.05, 3.63) is 28.2 Å². The van der Waals surface area contributed by atoms with Crippen LogP contribution in [0.2, 0.25) is 10.0 Å². The van der Waals surface area contributed by atoms with Crippen molar-refractivity contribution in [3.63, 3.8) is 0 Å². The van der Waals surface area contributed by atoms with Crippen molar-refractivity contribution >= 4 is 61.6 Å². The first-order valence-electron chi connectivity index (χ1n) is 7.04. The minimum Gasteiger partial charge on any atom is -0.313 e. The zero-order chi connectivity index (χ0) is 16.8. The van der Waals surface area contributed by atoms with Gasteiger partial charge < -0.3 is 4.90 Å². The fourth-order valence-corrected chi connectivity index (χ4v) is 7.23. The summed E-state index contributed by atoms with van der Waals surface area (Å²) in [6, 6.07) is 4.77. The Morgan fingerprint density at radius 3 is 2.61 bits per heavy atom. The zero-order valence-electron chi connectivity index (χ0n) is 12.2. The minimum absolute atomic E-state index is 0.00551. The Hall–Kier alpha value is -0.760. The van der Waals surface area contributed by atoms with Gasteiger partial charge in [0.1, 0.15) is 0 Å². The molecule has 2 aliphatic rings. The predicted octanol–water partition coefficient (Wildman–Crippen LogP) is 3.00. The average Bonchev–Trinajstić information content (AvgIpc) is 2.91. The van der Waals surface area contributed by atoms with E-state index in [0.717, 1.165) is 0 Å². The van der Waals surface area contributed by atoms with Gasteiger partial charge in [0.2, 0.25) is 5.91 Å². The second-order valence-electron chi connectivity index (χ2n) is 5.38. The number of anilines is 1. The number of fused-ring (bicyclic) bond motifs is 1. The van der Waals surface area contributed by atoms with Crippen molar-refractivity contribution in [2.75, 3.05) is 16.4 Å². The highest BCUT2D eigenvalue weighted by Crippen LogP contribution is 2.45. The lowest BCUT2D eigenvalue weighted by molar-refractivity contribution is -0.117. The number of hydrogen-bond acceptors (Lipinski definition) is 4. The van der Waals surface area contributed by atoms with Gasteiger partial charge in [-0.05, 0) is 12.1 Å². The van der Waals surface area contributed by atoms with Crippen LogP contribution in [-0.4, -0.2) is 42.3 Å². The lowest BCUT2D eigenvalue weighted by Crippen LogP contribution is -2.38. The molecule has 1 aromatic rings. The first kappa shape index (κ1) is 17.1. The van der Waals surface area contributed by atoms with E-state index in [1.807, 2.05) is 0 Å². The van der Waals surface area contributed by atoms with Crippen LogP contribution in [0.1, 0.15) is 13.3 Å². The molecule has 1 aromatic carbocycles. The number of amidine groups is 1. The van der Waals surface area contributed by atoms with Gasteiger partial charge in [-0.15, -0.1) is 0 Å². The maximum Gasteiger partial charge on any atom is 0.247 e. The highest BCUT2D eigenvalue weighted by atomic mass is 35.5. The molecule has 0 bridgehead atoms. The highest BCUT2D eigenvalue weighted by molar-refractivity contribution is 8.16. The number of para-hydroxylation sites is 1. The third-order valence-electron chi connectivity index (χ3n) is 3.77. The van der Waals surface area contributed by atoms with Gasteiger partial charge >= 0.3 is 0 Å². The van der Waals surface area contributed by atoms with Crippen molar-refractivity contribution < 1.29 is 13.2 Å². The van der Waals surface area contributed by atoms with Crippen LogP contribution in [0.3, 0.4) is 0 Å². The smallest absolute Gasteiger partial charge is 0.247 e. The first-order chi connectivity index (χ1) is 10.8. The third kappa shape index (κ3) is 3.24. The van der Waals surface area contributed by atoms with Crippen molar-refractivity contribution in [3.8, 4) is 0 Å². The molecule has 1 amide bonds. The molecule has 2 aliphatic heterocycles. The fraction of sp³-hybridized carbons (Fsp3) is 0.429. The summed E-state index contributed by atoms with van der Waals surface area (Å²) in [7, 11) is -3.12. The monoisotopic (exact) mass is 392 g/mol. The summed E-state index contributed by atoms with van der Waals surface area (Å²) in [6.45, 7) is 1.73. The van der Waals surface area contributed by atoms with Crippen LogP contribution in [0.15, 0.2) is 23.2 Å². The van der Waals surface area contributed by atoms with Crippen molar-refractivity contribution in [2.45, 2.75) is 24.6 Å². The Labute approximate surface area is 149 Å². The average molecular weight is 393 g/mol. The standard InChI is InChI=1S/C14H14Cl2N2O3S2/c1-2-12(19)17-14-18(13-8(15)4-3-5-9(13)16)10-6-23(20,21)7-11(10)22-14/h3-5,10-11H,2,6-7H2,1H3/t10-,11-/m0/s1. The van der Waals surface area contributed by atoms with Crippen LogP contribution < -0.4 is 4.90 Å². The van der Waals surface area contributed by atoms with Crippen LogP contribution in [-0.2, 0) is 14.6 Å². The molecular formula is C14H14Cl2N2O3S2. The number of carbonyl (C=O) groups excluding carboxylic acids is 1. The molecule has 0 aliphatic carbocycles. The summed E-state index contributed by atoms with van der Waals surface area (Å²) in [5.41, 5.74) is 0.510. The minimum atomic E-state index is -3.12. The number of aliphatic imine (C=N–C) groups is 1. The third-order valence-corrected chi connectivity index (χ3v) is 7.59. The quantitative estimate of drug-likeness (QED) is 0.773. The maximum absolute atomic E-state index is 12.0. The molecule has 9 heteroatoms. The van der Waals surface area contributed by atoms with Gasteiger partial charge in [0.25, 0.3) is 0 Å². The molecule has 3 rings (SSSR count). The topological polar surface area (TPSA) is 66.8 Å². The number of benzene rings is 1. The molecule has 0 saturated carbocycles. The molecule has 0 N–H and O–H groups in total. The van der Waals surface area contributed by atoms with E-state index in [0.29, 0.717) is 20.9 Å². The summed E-state index contributed by atoms with van der Waals surface area (Å²) in [4.78, 5) is 17.6. The van der Waals surface area contributed by atoms with E-state index in [1.54, 1.807) is 30.0 Å². The van der Waals surface area contributed by atoms with Gasteiger partial charge in [0.15, 0.2) is 15.0 Å². The predicted molar refractivity (Wildman–Crippen MR) is 95.5 cm³/mol. The molecule has 0 spiro atoms. The Bertz CT molecular complexity index is 775. The molecule has 0 radical (unpaired) electrons. The van der Waals surface area contributed by atoms with E-state index >= 15 is 0 Å². The molecule has 2 atom stereocenters. The molecular weight excluding hydrogens is 379 g/mol. The summed E-state index contributed by atoms with van der Waals surface area (Å²) >= 11 is 13.9. The number of halogens is 2. The largest absolute Gasteiger partial charge is 0.313 e.